The molecule has 0 atom stereocenters. The van der Waals surface area contributed by atoms with Crippen LogP contribution in [0.15, 0.2) is 130 Å². The lowest BCUT2D eigenvalue weighted by Gasteiger charge is -2.23. The molecule has 5 aromatic rings. The second kappa shape index (κ2) is 11.6. The normalized spacial score (nSPS) is 12.6. The summed E-state index contributed by atoms with van der Waals surface area (Å²) in [5.74, 6) is 0. The second-order valence-corrected chi connectivity index (χ2v) is 13.9. The van der Waals surface area contributed by atoms with Gasteiger partial charge in [-0.05, 0) is 79.2 Å². The minimum absolute atomic E-state index is 0.123. The number of para-hydroxylation sites is 2. The highest BCUT2D eigenvalue weighted by Gasteiger charge is 2.24. The predicted molar refractivity (Wildman–Crippen MR) is 185 cm³/mol. The molecule has 240 valence electrons. The van der Waals surface area contributed by atoms with Gasteiger partial charge >= 0.3 is 0 Å². The van der Waals surface area contributed by atoms with E-state index in [2.05, 4.69) is 5.32 Å². The zero-order chi connectivity index (χ0) is 33.8. The molecule has 0 saturated carbocycles. The third-order valence-electron chi connectivity index (χ3n) is 7.90. The summed E-state index contributed by atoms with van der Waals surface area (Å²) in [4.78, 5) is 9.21. The molecule has 13 heteroatoms. The molecule has 11 nitrogen and oxygen atoms in total. The van der Waals surface area contributed by atoms with E-state index in [-0.39, 0.29) is 26.6 Å². The van der Waals surface area contributed by atoms with Crippen LogP contribution in [0.3, 0.4) is 0 Å². The fraction of sp³-hybridized carbons (Fsp3) is 0.0286. The molecular weight excluding hydrogens is 651 g/mol. The van der Waals surface area contributed by atoms with Crippen LogP contribution in [0.1, 0.15) is 5.56 Å². The minimum Gasteiger partial charge on any atom is -0.399 e. The van der Waals surface area contributed by atoms with Crippen LogP contribution in [0.5, 0.6) is 0 Å². The first-order valence-corrected chi connectivity index (χ1v) is 17.5. The molecule has 0 aromatic heterocycles. The summed E-state index contributed by atoms with van der Waals surface area (Å²) in [6.07, 6.45) is 0. The molecule has 0 spiro atoms. The number of benzene rings is 6. The highest BCUT2D eigenvalue weighted by atomic mass is 32.2. The minimum atomic E-state index is -4.65. The molecule has 7 rings (SSSR count). The molecule has 2 aliphatic rings. The number of hydrogen-bond acceptors (Lipinski definition) is 8. The maximum Gasteiger partial charge on any atom is 0.296 e. The van der Waals surface area contributed by atoms with Crippen LogP contribution in [0.25, 0.3) is 38.9 Å². The average molecular weight is 678 g/mol. The van der Waals surface area contributed by atoms with Crippen molar-refractivity contribution in [2.75, 3.05) is 11.1 Å². The molecule has 0 radical (unpaired) electrons. The molecule has 1 heterocycles. The van der Waals surface area contributed by atoms with Crippen LogP contribution >= 0.6 is 0 Å². The van der Waals surface area contributed by atoms with E-state index in [9.17, 15) is 25.9 Å². The Labute approximate surface area is 275 Å². The van der Waals surface area contributed by atoms with Gasteiger partial charge in [0.2, 0.25) is 0 Å². The van der Waals surface area contributed by atoms with Crippen molar-refractivity contribution in [3.05, 3.63) is 126 Å². The molecule has 48 heavy (non-hydrogen) atoms. The van der Waals surface area contributed by atoms with Crippen molar-refractivity contribution in [1.29, 1.82) is 0 Å². The van der Waals surface area contributed by atoms with E-state index in [4.69, 9.17) is 15.7 Å². The Balaban J connectivity index is 1.62. The molecule has 0 saturated heterocycles. The van der Waals surface area contributed by atoms with Gasteiger partial charge in [0.05, 0.1) is 39.2 Å². The fourth-order valence-corrected chi connectivity index (χ4v) is 7.30. The van der Waals surface area contributed by atoms with Gasteiger partial charge in [-0.25, -0.2) is 9.98 Å². The molecule has 0 bridgehead atoms. The Hall–Kier alpha value is -5.60. The van der Waals surface area contributed by atoms with Crippen LogP contribution in [0, 0.1) is 6.92 Å². The fourth-order valence-electron chi connectivity index (χ4n) is 5.89. The maximum atomic E-state index is 12.7. The number of aryl methyl sites for hydroxylation is 1. The van der Waals surface area contributed by atoms with Crippen LogP contribution in [-0.4, -0.2) is 35.5 Å². The molecular formula is C35H27N5O6S2. The summed E-state index contributed by atoms with van der Waals surface area (Å²) in [5, 5.41) is 4.10. The number of fused-ring (bicyclic) bond motifs is 4. The number of nitrogen functional groups attached to an aromatic ring is 1. The Kier molecular flexibility index (Phi) is 7.48. The van der Waals surface area contributed by atoms with E-state index in [1.54, 1.807) is 42.5 Å². The van der Waals surface area contributed by atoms with E-state index < -0.39 is 20.2 Å². The Bertz CT molecular complexity index is 2660. The molecule has 5 N–H and O–H groups in total. The number of aromatic nitrogens is 2. The van der Waals surface area contributed by atoms with Crippen LogP contribution in [0.4, 0.5) is 22.7 Å². The van der Waals surface area contributed by atoms with Crippen molar-refractivity contribution in [2.45, 2.75) is 16.7 Å². The summed E-state index contributed by atoms with van der Waals surface area (Å²) in [6.45, 7) is 1.85. The summed E-state index contributed by atoms with van der Waals surface area (Å²) >= 11 is 0. The highest BCUT2D eigenvalue weighted by molar-refractivity contribution is 7.86. The van der Waals surface area contributed by atoms with Gasteiger partial charge in [0.15, 0.2) is 0 Å². The maximum absolute atomic E-state index is 12.7. The van der Waals surface area contributed by atoms with Crippen molar-refractivity contribution in [2.24, 2.45) is 4.99 Å². The SMILES string of the molecule is Cc1cc(Nc2ccc(N)cc2S(=O)(=O)O)cc2c1nc1c3cccc(S(=O)(=O)O)c3/c(=N/c3ccccc3)cc-1n2-c1ccccc1. The van der Waals surface area contributed by atoms with E-state index in [1.807, 2.05) is 60.0 Å². The monoisotopic (exact) mass is 677 g/mol. The summed E-state index contributed by atoms with van der Waals surface area (Å²) in [7, 11) is -9.25. The largest absolute Gasteiger partial charge is 0.399 e. The van der Waals surface area contributed by atoms with Gasteiger partial charge in [0.25, 0.3) is 20.2 Å². The molecule has 0 unspecified atom stereocenters. The predicted octanol–water partition coefficient (Wildman–Crippen LogP) is 6.64. The Morgan fingerprint density at radius 3 is 2.15 bits per heavy atom. The van der Waals surface area contributed by atoms with Crippen molar-refractivity contribution >= 4 is 64.8 Å². The Morgan fingerprint density at radius 1 is 0.771 bits per heavy atom. The van der Waals surface area contributed by atoms with E-state index in [0.717, 1.165) is 5.69 Å². The number of nitrogens with zero attached hydrogens (tertiary/aromatic N) is 3. The van der Waals surface area contributed by atoms with E-state index in [0.29, 0.717) is 50.1 Å². The summed E-state index contributed by atoms with van der Waals surface area (Å²) in [6, 6.07) is 32.7. The van der Waals surface area contributed by atoms with Crippen molar-refractivity contribution in [3.63, 3.8) is 0 Å². The molecule has 0 amide bonds. The van der Waals surface area contributed by atoms with Crippen LogP contribution < -0.4 is 16.4 Å². The van der Waals surface area contributed by atoms with E-state index >= 15 is 0 Å². The summed E-state index contributed by atoms with van der Waals surface area (Å²) in [5.41, 5.74) is 10.9. The lowest BCUT2D eigenvalue weighted by Crippen LogP contribution is -2.15. The lowest BCUT2D eigenvalue weighted by molar-refractivity contribution is 0.481. The van der Waals surface area contributed by atoms with Crippen LogP contribution in [0.2, 0.25) is 0 Å². The lowest BCUT2D eigenvalue weighted by atomic mass is 10.0. The van der Waals surface area contributed by atoms with E-state index in [1.165, 1.54) is 24.3 Å². The molecule has 1 aliphatic heterocycles. The number of anilines is 3. The van der Waals surface area contributed by atoms with Crippen molar-refractivity contribution in [1.82, 2.24) is 9.55 Å². The third kappa shape index (κ3) is 5.65. The topological polar surface area (TPSA) is 177 Å². The van der Waals surface area contributed by atoms with Gasteiger partial charge in [-0.1, -0.05) is 48.5 Å². The van der Waals surface area contributed by atoms with Gasteiger partial charge in [-0.2, -0.15) is 16.8 Å². The standard InChI is InChI=1S/C35H27N5O6S2/c1-21-17-24(38-27-16-15-22(36)18-32(27)48(44,45)46)19-29-34(21)39-35-26-13-8-14-31(47(41,42)43)33(26)28(37-23-9-4-2-5-10-23)20-30(35)40(29)25-11-6-3-7-12-25/h2-20,38H,36H2,1H3,(H,41,42,43)(H,44,45,46)/b37-28+. The number of nitrogens with one attached hydrogen (secondary N) is 1. The van der Waals surface area contributed by atoms with Crippen LogP contribution in [-0.2, 0) is 20.2 Å². The number of nitrogens with two attached hydrogens (primary N) is 1. The molecule has 0 fully saturated rings. The van der Waals surface area contributed by atoms with Gasteiger partial charge in [-0.3, -0.25) is 9.11 Å². The van der Waals surface area contributed by atoms with Gasteiger partial charge in [0, 0.05) is 27.8 Å². The first kappa shape index (κ1) is 31.0. The summed E-state index contributed by atoms with van der Waals surface area (Å²) < 4.78 is 71.8. The highest BCUT2D eigenvalue weighted by Crippen LogP contribution is 2.38. The first-order chi connectivity index (χ1) is 22.9. The molecule has 5 aromatic carbocycles. The van der Waals surface area contributed by atoms with Gasteiger partial charge in [0.1, 0.15) is 9.79 Å². The second-order valence-electron chi connectivity index (χ2n) is 11.2. The Morgan fingerprint density at radius 2 is 1.46 bits per heavy atom. The van der Waals surface area contributed by atoms with Crippen molar-refractivity contribution in [3.8, 4) is 17.1 Å². The van der Waals surface area contributed by atoms with Gasteiger partial charge in [-0.15, -0.1) is 0 Å². The molecule has 1 aliphatic carbocycles. The smallest absolute Gasteiger partial charge is 0.296 e. The zero-order valence-electron chi connectivity index (χ0n) is 25.2. The first-order valence-electron chi connectivity index (χ1n) is 14.6. The van der Waals surface area contributed by atoms with Gasteiger partial charge < -0.3 is 15.6 Å². The number of hydrogen-bond donors (Lipinski definition) is 4. The zero-order valence-corrected chi connectivity index (χ0v) is 26.9. The number of rotatable bonds is 6. The quantitative estimate of drug-likeness (QED) is 0.0650. The third-order valence-corrected chi connectivity index (χ3v) is 9.69. The van der Waals surface area contributed by atoms with Crippen molar-refractivity contribution < 1.29 is 25.9 Å². The average Bonchev–Trinajstić information content (AvgIpc) is 3.04.